The number of ether oxygens (including phenoxy) is 1. The number of nitrogens with zero attached hydrogens (tertiary/aromatic N) is 2. The minimum Gasteiger partial charge on any atom is -0.491 e. The minimum absolute atomic E-state index is 0.139. The number of carbonyl (C=O) groups is 1. The Labute approximate surface area is 196 Å². The van der Waals surface area contributed by atoms with Crippen molar-refractivity contribution in [1.82, 2.24) is 9.80 Å². The number of carbonyl (C=O) groups excluding carboxylic acids is 1. The Balaban J connectivity index is 1.32. The molecule has 0 aliphatic carbocycles. The third-order valence-corrected chi connectivity index (χ3v) is 8.01. The summed E-state index contributed by atoms with van der Waals surface area (Å²) in [6, 6.07) is 15.6. The number of hydrogen-bond acceptors (Lipinski definition) is 3. The van der Waals surface area contributed by atoms with E-state index in [2.05, 4.69) is 28.0 Å². The number of halogens is 1. The number of fused-ring (bicyclic) bond motifs is 2. The molecule has 4 nitrogen and oxygen atoms in total. The SMILES string of the molecule is O=C1N2CCC[C@@H]2COc2ccccc2CCCCC12CCN(Cc1ccccc1F)CC2. The maximum absolute atomic E-state index is 14.2. The first-order valence-corrected chi connectivity index (χ1v) is 12.6. The largest absolute Gasteiger partial charge is 0.491 e. The molecule has 0 bridgehead atoms. The topological polar surface area (TPSA) is 32.8 Å². The number of benzene rings is 2. The van der Waals surface area contributed by atoms with E-state index in [-0.39, 0.29) is 17.3 Å². The summed E-state index contributed by atoms with van der Waals surface area (Å²) in [6.45, 7) is 3.73. The average Bonchev–Trinajstić information content (AvgIpc) is 3.31. The van der Waals surface area contributed by atoms with Crippen LogP contribution in [0.3, 0.4) is 0 Å². The molecule has 2 aromatic carbocycles. The van der Waals surface area contributed by atoms with Crippen molar-refractivity contribution in [3.05, 3.63) is 65.5 Å². The zero-order valence-corrected chi connectivity index (χ0v) is 19.5. The molecule has 1 amide bonds. The molecule has 5 rings (SSSR count). The zero-order chi connectivity index (χ0) is 22.7. The number of likely N-dealkylation sites (tertiary alicyclic amines) is 1. The van der Waals surface area contributed by atoms with Crippen molar-refractivity contribution >= 4 is 5.91 Å². The maximum Gasteiger partial charge on any atom is 0.229 e. The second-order valence-electron chi connectivity index (χ2n) is 10.1. The van der Waals surface area contributed by atoms with Crippen LogP contribution in [0, 0.1) is 11.2 Å². The summed E-state index contributed by atoms with van der Waals surface area (Å²) in [6.07, 6.45) is 7.85. The molecule has 0 N–H and O–H groups in total. The van der Waals surface area contributed by atoms with Crippen LogP contribution >= 0.6 is 0 Å². The summed E-state index contributed by atoms with van der Waals surface area (Å²) >= 11 is 0. The van der Waals surface area contributed by atoms with E-state index in [9.17, 15) is 9.18 Å². The monoisotopic (exact) mass is 450 g/mol. The summed E-state index contributed by atoms with van der Waals surface area (Å²) in [7, 11) is 0. The van der Waals surface area contributed by atoms with Crippen molar-refractivity contribution in [3.63, 3.8) is 0 Å². The fourth-order valence-corrected chi connectivity index (χ4v) is 5.97. The third-order valence-electron chi connectivity index (χ3n) is 8.01. The van der Waals surface area contributed by atoms with Crippen LogP contribution in [0.5, 0.6) is 5.75 Å². The standard InChI is InChI=1S/C28H35FN2O2/c29-25-12-3-1-10-23(25)20-30-18-15-28(16-19-30)14-6-5-9-22-8-2-4-13-26(22)33-21-24-11-7-17-31(24)27(28)32/h1-4,8,10,12-13,24H,5-7,9,11,14-21H2/t24-/m1/s1. The van der Waals surface area contributed by atoms with Gasteiger partial charge in [0.15, 0.2) is 0 Å². The maximum atomic E-state index is 14.2. The van der Waals surface area contributed by atoms with Gasteiger partial charge in [0.1, 0.15) is 18.2 Å². The van der Waals surface area contributed by atoms with Gasteiger partial charge in [-0.15, -0.1) is 0 Å². The highest BCUT2D eigenvalue weighted by molar-refractivity contribution is 5.83. The lowest BCUT2D eigenvalue weighted by molar-refractivity contribution is -0.147. The van der Waals surface area contributed by atoms with E-state index in [1.54, 1.807) is 6.07 Å². The Morgan fingerprint density at radius 1 is 0.939 bits per heavy atom. The normalized spacial score (nSPS) is 23.8. The quantitative estimate of drug-likeness (QED) is 0.630. The molecule has 0 radical (unpaired) electrons. The van der Waals surface area contributed by atoms with Crippen LogP contribution in [0.15, 0.2) is 48.5 Å². The molecule has 0 aromatic heterocycles. The van der Waals surface area contributed by atoms with E-state index >= 15 is 0 Å². The first-order chi connectivity index (χ1) is 16.1. The van der Waals surface area contributed by atoms with Crippen LogP contribution in [0.25, 0.3) is 0 Å². The van der Waals surface area contributed by atoms with E-state index in [1.165, 1.54) is 11.6 Å². The Hall–Kier alpha value is -2.40. The molecule has 2 fully saturated rings. The van der Waals surface area contributed by atoms with Gasteiger partial charge >= 0.3 is 0 Å². The van der Waals surface area contributed by atoms with Crippen molar-refractivity contribution in [2.45, 2.75) is 64.0 Å². The number of rotatable bonds is 2. The van der Waals surface area contributed by atoms with Crippen molar-refractivity contribution in [3.8, 4) is 5.75 Å². The number of piperidine rings is 1. The number of hydrogen-bond donors (Lipinski definition) is 0. The molecule has 3 aliphatic heterocycles. The van der Waals surface area contributed by atoms with Gasteiger partial charge in [-0.25, -0.2) is 4.39 Å². The minimum atomic E-state index is -0.285. The predicted molar refractivity (Wildman–Crippen MR) is 128 cm³/mol. The van der Waals surface area contributed by atoms with E-state index in [1.807, 2.05) is 18.2 Å². The molecular weight excluding hydrogens is 415 g/mol. The van der Waals surface area contributed by atoms with Crippen molar-refractivity contribution in [2.75, 3.05) is 26.2 Å². The van der Waals surface area contributed by atoms with Crippen LogP contribution in [-0.4, -0.2) is 48.0 Å². The number of amides is 1. The first kappa shape index (κ1) is 22.4. The molecule has 0 saturated carbocycles. The van der Waals surface area contributed by atoms with Crippen LogP contribution in [-0.2, 0) is 17.8 Å². The van der Waals surface area contributed by atoms with E-state index in [0.29, 0.717) is 19.1 Å². The first-order valence-electron chi connectivity index (χ1n) is 12.6. The van der Waals surface area contributed by atoms with Gasteiger partial charge in [0, 0.05) is 18.7 Å². The molecule has 0 unspecified atom stereocenters. The van der Waals surface area contributed by atoms with Gasteiger partial charge in [-0.1, -0.05) is 42.8 Å². The van der Waals surface area contributed by atoms with Crippen LogP contribution < -0.4 is 4.74 Å². The van der Waals surface area contributed by atoms with Crippen LogP contribution in [0.4, 0.5) is 4.39 Å². The second kappa shape index (κ2) is 9.84. The van der Waals surface area contributed by atoms with Gasteiger partial charge < -0.3 is 9.64 Å². The summed E-state index contributed by atoms with van der Waals surface area (Å²) in [5.74, 6) is 1.18. The highest BCUT2D eigenvalue weighted by Gasteiger charge is 2.45. The summed E-state index contributed by atoms with van der Waals surface area (Å²) in [5.41, 5.74) is 1.74. The van der Waals surface area contributed by atoms with Crippen molar-refractivity contribution in [2.24, 2.45) is 5.41 Å². The average molecular weight is 451 g/mol. The Bertz CT molecular complexity index is 970. The van der Waals surface area contributed by atoms with E-state index in [4.69, 9.17) is 4.74 Å². The van der Waals surface area contributed by atoms with Gasteiger partial charge in [0.2, 0.25) is 5.91 Å². The summed E-state index contributed by atoms with van der Waals surface area (Å²) < 4.78 is 20.4. The lowest BCUT2D eigenvalue weighted by Crippen LogP contribution is -2.52. The molecule has 3 aliphatic rings. The zero-order valence-electron chi connectivity index (χ0n) is 19.5. The number of aryl methyl sites for hydroxylation is 1. The van der Waals surface area contributed by atoms with Crippen LogP contribution in [0.1, 0.15) is 56.1 Å². The van der Waals surface area contributed by atoms with Gasteiger partial charge in [-0.05, 0) is 75.7 Å². The fraction of sp³-hybridized carbons (Fsp3) is 0.536. The van der Waals surface area contributed by atoms with Gasteiger partial charge in [-0.3, -0.25) is 9.69 Å². The fourth-order valence-electron chi connectivity index (χ4n) is 5.97. The Kier molecular flexibility index (Phi) is 6.68. The molecule has 3 heterocycles. The highest BCUT2D eigenvalue weighted by atomic mass is 19.1. The molecule has 176 valence electrons. The predicted octanol–water partition coefficient (Wildman–Crippen LogP) is 5.20. The lowest BCUT2D eigenvalue weighted by Gasteiger charge is -2.44. The molecule has 5 heteroatoms. The van der Waals surface area contributed by atoms with E-state index < -0.39 is 0 Å². The van der Waals surface area contributed by atoms with Crippen molar-refractivity contribution in [1.29, 1.82) is 0 Å². The Morgan fingerprint density at radius 2 is 1.73 bits per heavy atom. The van der Waals surface area contributed by atoms with Crippen molar-refractivity contribution < 1.29 is 13.9 Å². The van der Waals surface area contributed by atoms with E-state index in [0.717, 1.165) is 82.3 Å². The van der Waals surface area contributed by atoms with Gasteiger partial charge in [0.25, 0.3) is 0 Å². The smallest absolute Gasteiger partial charge is 0.229 e. The molecule has 2 saturated heterocycles. The molecule has 2 aromatic rings. The lowest BCUT2D eigenvalue weighted by atomic mass is 9.72. The highest BCUT2D eigenvalue weighted by Crippen LogP contribution is 2.41. The Morgan fingerprint density at radius 3 is 2.58 bits per heavy atom. The molecule has 1 atom stereocenters. The second-order valence-corrected chi connectivity index (χ2v) is 10.1. The number of para-hydroxylation sites is 1. The summed E-state index contributed by atoms with van der Waals surface area (Å²) in [4.78, 5) is 18.4. The summed E-state index contributed by atoms with van der Waals surface area (Å²) in [5, 5.41) is 0. The molecular formula is C28H35FN2O2. The molecule has 33 heavy (non-hydrogen) atoms. The molecule has 1 spiro atoms. The third kappa shape index (κ3) is 4.79. The van der Waals surface area contributed by atoms with Gasteiger partial charge in [-0.2, -0.15) is 0 Å². The van der Waals surface area contributed by atoms with Gasteiger partial charge in [0.05, 0.1) is 11.5 Å². The van der Waals surface area contributed by atoms with Crippen LogP contribution in [0.2, 0.25) is 0 Å².